The third-order valence-electron chi connectivity index (χ3n) is 6.51. The number of nitrogens with one attached hydrogen (secondary N) is 1. The maximum absolute atomic E-state index is 15.1. The number of benzene rings is 1. The van der Waals surface area contributed by atoms with Crippen molar-refractivity contribution >= 4 is 17.6 Å². The molecule has 10 heteroatoms. The smallest absolute Gasteiger partial charge is 0.185 e. The molecule has 0 spiro atoms. The number of aromatic nitrogens is 5. The summed E-state index contributed by atoms with van der Waals surface area (Å²) in [5.74, 6) is 0.651. The van der Waals surface area contributed by atoms with Crippen LogP contribution in [0.4, 0.5) is 10.2 Å². The van der Waals surface area contributed by atoms with Gasteiger partial charge in [-0.25, -0.2) is 9.37 Å². The highest BCUT2D eigenvalue weighted by molar-refractivity contribution is 7.98. The molecular weight excluding hydrogens is 441 g/mol. The lowest BCUT2D eigenvalue weighted by Crippen LogP contribution is -2.61. The number of piperidine rings is 2. The van der Waals surface area contributed by atoms with Crippen LogP contribution in [0.1, 0.15) is 29.8 Å². The molecule has 3 aromatic rings. The van der Waals surface area contributed by atoms with Crippen LogP contribution in [-0.2, 0) is 0 Å². The van der Waals surface area contributed by atoms with E-state index < -0.39 is 12.4 Å². The van der Waals surface area contributed by atoms with Gasteiger partial charge in [0.2, 0.25) is 0 Å². The van der Waals surface area contributed by atoms with Gasteiger partial charge in [-0.15, -0.1) is 27.1 Å². The van der Waals surface area contributed by atoms with Crippen molar-refractivity contribution in [2.45, 2.75) is 55.0 Å². The predicted molar refractivity (Wildman–Crippen MR) is 126 cm³/mol. The largest absolute Gasteiger partial charge is 0.507 e. The van der Waals surface area contributed by atoms with Crippen molar-refractivity contribution < 1.29 is 13.6 Å². The van der Waals surface area contributed by atoms with Crippen LogP contribution < -0.4 is 10.2 Å². The molecule has 0 aliphatic carbocycles. The normalized spacial score (nSPS) is 26.2. The predicted octanol–water partition coefficient (Wildman–Crippen LogP) is 3.48. The van der Waals surface area contributed by atoms with Crippen LogP contribution in [0, 0.1) is 0 Å². The Morgan fingerprint density at radius 3 is 2.88 bits per heavy atom. The van der Waals surface area contributed by atoms with Crippen LogP contribution >= 0.6 is 11.8 Å². The lowest BCUT2D eigenvalue weighted by Gasteiger charge is -2.45. The van der Waals surface area contributed by atoms with Crippen molar-refractivity contribution in [2.75, 3.05) is 18.1 Å². The first-order valence-electron chi connectivity index (χ1n) is 12.4. The molecule has 172 valence electrons. The molecule has 8 nitrogen and oxygen atoms in total. The fraction of sp³-hybridized carbons (Fsp3) is 0.435. The first kappa shape index (κ1) is 18.6. The highest BCUT2D eigenvalue weighted by Crippen LogP contribution is 2.34. The minimum atomic E-state index is -2.23. The van der Waals surface area contributed by atoms with E-state index in [0.717, 1.165) is 19.3 Å². The standard InChI is InChI=1S/C23H26FN7OS/c1-31(18-10-15-4-3-5-17(27-15)22(18)24)20-12-25-23(30-28-20)16-7-6-13(8-19(16)32)14-9-21(33-2)29-26-11-14/h6-9,11-12,15,17-18,22,27,32H,3-5,10H2,1-2H3/t15-,17-,18+,22-/m0/s1/i2D3. The number of halogens is 1. The van der Waals surface area contributed by atoms with E-state index in [1.807, 2.05) is 11.9 Å². The Labute approximate surface area is 200 Å². The molecule has 1 aromatic carbocycles. The molecule has 0 unspecified atom stereocenters. The van der Waals surface area contributed by atoms with Crippen LogP contribution in [0.2, 0.25) is 0 Å². The minimum Gasteiger partial charge on any atom is -0.507 e. The van der Waals surface area contributed by atoms with E-state index in [1.165, 1.54) is 12.3 Å². The second-order valence-electron chi connectivity index (χ2n) is 8.52. The number of alkyl halides is 1. The molecule has 4 atom stereocenters. The molecule has 0 saturated carbocycles. The monoisotopic (exact) mass is 470 g/mol. The van der Waals surface area contributed by atoms with Gasteiger partial charge in [-0.2, -0.15) is 5.10 Å². The summed E-state index contributed by atoms with van der Waals surface area (Å²) < 4.78 is 37.2. The van der Waals surface area contributed by atoms with Crippen molar-refractivity contribution in [3.63, 3.8) is 0 Å². The lowest BCUT2D eigenvalue weighted by atomic mass is 9.82. The van der Waals surface area contributed by atoms with Crippen molar-refractivity contribution in [1.29, 1.82) is 0 Å². The van der Waals surface area contributed by atoms with Crippen LogP contribution in [-0.4, -0.2) is 68.0 Å². The van der Waals surface area contributed by atoms with Gasteiger partial charge >= 0.3 is 0 Å². The minimum absolute atomic E-state index is 0.0627. The highest BCUT2D eigenvalue weighted by atomic mass is 32.2. The van der Waals surface area contributed by atoms with E-state index in [-0.39, 0.29) is 28.7 Å². The summed E-state index contributed by atoms with van der Waals surface area (Å²) in [6.45, 7) is 0. The summed E-state index contributed by atoms with van der Waals surface area (Å²) in [6, 6.07) is 6.44. The molecule has 2 N–H and O–H groups in total. The quantitative estimate of drug-likeness (QED) is 0.543. The number of phenolic OH excluding ortho intramolecular Hbond substituents is 1. The number of fused-ring (bicyclic) bond motifs is 2. The fourth-order valence-corrected chi connectivity index (χ4v) is 5.01. The van der Waals surface area contributed by atoms with E-state index in [2.05, 4.69) is 30.7 Å². The first-order valence-corrected chi connectivity index (χ1v) is 11.7. The van der Waals surface area contributed by atoms with Crippen LogP contribution in [0.3, 0.4) is 0 Å². The van der Waals surface area contributed by atoms with E-state index >= 15 is 4.39 Å². The van der Waals surface area contributed by atoms with Gasteiger partial charge in [0, 0.05) is 28.8 Å². The SMILES string of the molecule is [2H]C([2H])([2H])Sc1cc(-c2ccc(-c3ncc(N(C)[C@@H]4C[C@@H]5CCC[C@H](N5)[C@@H]4F)nn3)c(O)c2)cnn1. The number of rotatable bonds is 5. The molecule has 2 bridgehead atoms. The van der Waals surface area contributed by atoms with Crippen molar-refractivity contribution in [3.05, 3.63) is 36.7 Å². The van der Waals surface area contributed by atoms with Gasteiger partial charge in [-0.05, 0) is 49.2 Å². The molecular formula is C23H26FN7OS. The maximum Gasteiger partial charge on any atom is 0.185 e. The molecule has 2 aliphatic heterocycles. The number of phenols is 1. The number of anilines is 1. The Kier molecular flexibility index (Phi) is 5.17. The van der Waals surface area contributed by atoms with Crippen LogP contribution in [0.15, 0.2) is 41.7 Å². The van der Waals surface area contributed by atoms with Crippen molar-refractivity contribution in [1.82, 2.24) is 30.7 Å². The number of thioether (sulfide) groups is 1. The summed E-state index contributed by atoms with van der Waals surface area (Å²) >= 11 is 0.637. The van der Waals surface area contributed by atoms with Gasteiger partial charge < -0.3 is 15.3 Å². The topological polar surface area (TPSA) is 100.0 Å². The van der Waals surface area contributed by atoms with Crippen molar-refractivity contribution in [3.8, 4) is 28.3 Å². The zero-order valence-corrected chi connectivity index (χ0v) is 18.8. The average molecular weight is 471 g/mol. The molecule has 5 rings (SSSR count). The summed E-state index contributed by atoms with van der Waals surface area (Å²) in [7, 11) is 1.82. The lowest BCUT2D eigenvalue weighted by molar-refractivity contribution is 0.107. The first-order chi connectivity index (χ1) is 17.2. The van der Waals surface area contributed by atoms with Gasteiger partial charge in [0.25, 0.3) is 0 Å². The van der Waals surface area contributed by atoms with Gasteiger partial charge in [-0.1, -0.05) is 12.5 Å². The number of aromatic hydroxyl groups is 1. The Bertz CT molecular complexity index is 1230. The van der Waals surface area contributed by atoms with E-state index in [1.54, 1.807) is 24.4 Å². The summed E-state index contributed by atoms with van der Waals surface area (Å²) in [4.78, 5) is 6.19. The third kappa shape index (κ3) is 4.37. The zero-order chi connectivity index (χ0) is 25.4. The van der Waals surface area contributed by atoms with Gasteiger partial charge in [0.15, 0.2) is 11.6 Å². The third-order valence-corrected chi connectivity index (χ3v) is 6.92. The van der Waals surface area contributed by atoms with Crippen LogP contribution in [0.5, 0.6) is 5.75 Å². The Hall–Kier alpha value is -2.85. The van der Waals surface area contributed by atoms with Crippen LogP contribution in [0.25, 0.3) is 22.5 Å². The molecule has 2 aliphatic rings. The van der Waals surface area contributed by atoms with E-state index in [4.69, 9.17) is 4.11 Å². The van der Waals surface area contributed by atoms with Gasteiger partial charge in [0.1, 0.15) is 16.9 Å². The van der Waals surface area contributed by atoms with E-state index in [9.17, 15) is 5.11 Å². The Balaban J connectivity index is 1.33. The molecule has 2 saturated heterocycles. The number of nitrogens with zero attached hydrogens (tertiary/aromatic N) is 6. The fourth-order valence-electron chi connectivity index (χ4n) is 4.73. The number of hydrogen-bond acceptors (Lipinski definition) is 9. The maximum atomic E-state index is 15.1. The molecule has 0 radical (unpaired) electrons. The number of hydrogen-bond donors (Lipinski definition) is 2. The summed E-state index contributed by atoms with van der Waals surface area (Å²) in [5.41, 5.74) is 1.63. The highest BCUT2D eigenvalue weighted by Gasteiger charge is 2.42. The molecule has 2 fully saturated rings. The Morgan fingerprint density at radius 2 is 2.09 bits per heavy atom. The zero-order valence-electron chi connectivity index (χ0n) is 21.0. The van der Waals surface area contributed by atoms with Gasteiger partial charge in [-0.3, -0.25) is 0 Å². The molecule has 4 heterocycles. The van der Waals surface area contributed by atoms with E-state index in [0.29, 0.717) is 46.7 Å². The molecule has 2 aromatic heterocycles. The second kappa shape index (κ2) is 9.18. The van der Waals surface area contributed by atoms with Gasteiger partial charge in [0.05, 0.1) is 24.0 Å². The second-order valence-corrected chi connectivity index (χ2v) is 9.14. The molecule has 33 heavy (non-hydrogen) atoms. The summed E-state index contributed by atoms with van der Waals surface area (Å²) in [6.07, 6.45) is 3.47. The Morgan fingerprint density at radius 1 is 1.18 bits per heavy atom. The molecule has 0 amide bonds. The summed E-state index contributed by atoms with van der Waals surface area (Å²) in [5, 5.41) is 30.5. The van der Waals surface area contributed by atoms with Crippen molar-refractivity contribution in [2.24, 2.45) is 0 Å². The average Bonchev–Trinajstić information content (AvgIpc) is 2.85.